The number of Topliss-reactive ketones (excluding diaryl/α,β-unsaturated/α-hetero) is 1. The lowest BCUT2D eigenvalue weighted by molar-refractivity contribution is -0.135. The summed E-state index contributed by atoms with van der Waals surface area (Å²) in [6.45, 7) is 0. The topological polar surface area (TPSA) is 129 Å². The molecule has 4 aliphatic rings. The maximum Gasteiger partial charge on any atom is 0.335 e. The normalized spacial score (nSPS) is 27.2. The van der Waals surface area contributed by atoms with Crippen molar-refractivity contribution in [3.8, 4) is 5.75 Å². The first-order valence-electron chi connectivity index (χ1n) is 16.4. The lowest BCUT2D eigenvalue weighted by Crippen LogP contribution is -2.58. The molecule has 2 N–H and O–H groups in total. The minimum absolute atomic E-state index is 0.0596. The number of carbonyl (C=O) groups excluding carboxylic acids is 4. The highest BCUT2D eigenvalue weighted by Crippen LogP contribution is 2.64. The third-order valence-corrected chi connectivity index (χ3v) is 11.3. The van der Waals surface area contributed by atoms with E-state index in [0.29, 0.717) is 16.7 Å². The highest BCUT2D eigenvalue weighted by molar-refractivity contribution is 6.33. The predicted octanol–water partition coefficient (Wildman–Crippen LogP) is 6.77. The zero-order valence-electron chi connectivity index (χ0n) is 26.5. The third kappa shape index (κ3) is 4.55. The predicted molar refractivity (Wildman–Crippen MR) is 186 cm³/mol. The van der Waals surface area contributed by atoms with Crippen LogP contribution < -0.4 is 4.90 Å². The summed E-state index contributed by atoms with van der Waals surface area (Å²) in [6.07, 6.45) is 3.68. The number of carboxylic acid groups (broad SMARTS) is 1. The van der Waals surface area contributed by atoms with Gasteiger partial charge in [-0.2, -0.15) is 0 Å². The molecule has 3 aliphatic carbocycles. The van der Waals surface area contributed by atoms with Crippen LogP contribution in [0, 0.1) is 23.7 Å². The Bertz CT molecular complexity index is 2190. The maximum absolute atomic E-state index is 15.1. The molecule has 4 aromatic rings. The number of allylic oxidation sites excluding steroid dienone is 4. The first kappa shape index (κ1) is 31.7. The summed E-state index contributed by atoms with van der Waals surface area (Å²) in [4.78, 5) is 71.4. The Morgan fingerprint density at radius 1 is 0.820 bits per heavy atom. The Balaban J connectivity index is 1.35. The van der Waals surface area contributed by atoms with E-state index < -0.39 is 52.8 Å². The Morgan fingerprint density at radius 3 is 2.24 bits per heavy atom. The molecule has 4 aromatic carbocycles. The number of amides is 2. The van der Waals surface area contributed by atoms with Crippen molar-refractivity contribution in [1.29, 1.82) is 0 Å². The van der Waals surface area contributed by atoms with Crippen LogP contribution in [0.25, 0.3) is 5.57 Å². The fourth-order valence-electron chi connectivity index (χ4n) is 9.00. The Hall–Kier alpha value is -5.60. The molecule has 9 heteroatoms. The number of benzene rings is 4. The monoisotopic (exact) mass is 683 g/mol. The Morgan fingerprint density at radius 2 is 1.54 bits per heavy atom. The van der Waals surface area contributed by atoms with Crippen molar-refractivity contribution in [1.82, 2.24) is 0 Å². The molecule has 0 spiro atoms. The van der Waals surface area contributed by atoms with E-state index >= 15 is 4.79 Å². The second-order valence-corrected chi connectivity index (χ2v) is 13.8. The standard InChI is InChI=1S/C41H30ClNO7/c42-33-19-26(44)14-15-28(33)36-27-16-17-29-35(39(48)43(38(29)47)25-13-7-10-23(18-25)40(49)50)31(27)20-32-37(46)30(22-8-3-1-4-9-22)21-34(45)41(32,36)24-11-5-2-6-12-24/h1-16,18-19,21,29,31-32,35-36,44H,17,20H2,(H,49,50). The number of carboxylic acids is 1. The number of fused-ring (bicyclic) bond motifs is 4. The number of ketones is 2. The zero-order valence-corrected chi connectivity index (χ0v) is 27.3. The molecule has 1 heterocycles. The molecule has 6 unspecified atom stereocenters. The van der Waals surface area contributed by atoms with E-state index in [2.05, 4.69) is 0 Å². The Labute approximate surface area is 292 Å². The molecule has 8 nitrogen and oxygen atoms in total. The summed E-state index contributed by atoms with van der Waals surface area (Å²) in [6, 6.07) is 28.5. The number of halogens is 1. The van der Waals surface area contributed by atoms with Gasteiger partial charge in [0.05, 0.1) is 28.5 Å². The fourth-order valence-corrected chi connectivity index (χ4v) is 9.29. The van der Waals surface area contributed by atoms with E-state index in [1.165, 1.54) is 42.5 Å². The maximum atomic E-state index is 15.1. The quantitative estimate of drug-likeness (QED) is 0.175. The van der Waals surface area contributed by atoms with Crippen molar-refractivity contribution in [2.24, 2.45) is 23.7 Å². The van der Waals surface area contributed by atoms with Gasteiger partial charge in [0.15, 0.2) is 11.6 Å². The van der Waals surface area contributed by atoms with Crippen LogP contribution in [0.3, 0.4) is 0 Å². The minimum atomic E-state index is -1.45. The molecular formula is C41H30ClNO7. The largest absolute Gasteiger partial charge is 0.508 e. The van der Waals surface area contributed by atoms with Gasteiger partial charge in [0.25, 0.3) is 0 Å². The number of aromatic carboxylic acids is 1. The summed E-state index contributed by atoms with van der Waals surface area (Å²) >= 11 is 6.91. The number of phenolic OH excluding ortho intramolecular Hbond substituents is 1. The SMILES string of the molecule is O=C(O)c1cccc(N2C(=O)C3CC=C4C(CC5C(=O)C(c6ccccc6)=CC(=O)C5(c5ccccc5)C4c4ccc(O)cc4Cl)C3C2=O)c1. The zero-order chi connectivity index (χ0) is 34.9. The first-order chi connectivity index (χ1) is 24.1. The minimum Gasteiger partial charge on any atom is -0.508 e. The van der Waals surface area contributed by atoms with Crippen molar-refractivity contribution < 1.29 is 34.2 Å². The Kier molecular flexibility index (Phi) is 7.45. The van der Waals surface area contributed by atoms with Gasteiger partial charge in [-0.15, -0.1) is 0 Å². The number of phenols is 1. The van der Waals surface area contributed by atoms with Crippen LogP contribution in [0.4, 0.5) is 5.69 Å². The van der Waals surface area contributed by atoms with Crippen LogP contribution >= 0.6 is 11.6 Å². The molecule has 1 aliphatic heterocycles. The molecule has 50 heavy (non-hydrogen) atoms. The summed E-state index contributed by atoms with van der Waals surface area (Å²) in [5, 5.41) is 20.2. The molecule has 1 saturated heterocycles. The van der Waals surface area contributed by atoms with Crippen molar-refractivity contribution >= 4 is 52.2 Å². The highest BCUT2D eigenvalue weighted by atomic mass is 35.5. The molecule has 0 bridgehead atoms. The molecule has 1 saturated carbocycles. The third-order valence-electron chi connectivity index (χ3n) is 11.0. The van der Waals surface area contributed by atoms with Crippen LogP contribution in [-0.2, 0) is 24.6 Å². The van der Waals surface area contributed by atoms with Gasteiger partial charge < -0.3 is 10.2 Å². The average Bonchev–Trinajstić information content (AvgIpc) is 3.38. The molecule has 2 amide bonds. The van der Waals surface area contributed by atoms with E-state index in [-0.39, 0.29) is 52.0 Å². The van der Waals surface area contributed by atoms with Gasteiger partial charge in [-0.3, -0.25) is 24.1 Å². The first-order valence-corrected chi connectivity index (χ1v) is 16.8. The number of hydrogen-bond donors (Lipinski definition) is 2. The van der Waals surface area contributed by atoms with Crippen molar-refractivity contribution in [3.63, 3.8) is 0 Å². The molecule has 2 fully saturated rings. The van der Waals surface area contributed by atoms with Crippen LogP contribution in [0.2, 0.25) is 5.02 Å². The lowest BCUT2D eigenvalue weighted by Gasteiger charge is -2.55. The molecule has 0 aromatic heterocycles. The lowest BCUT2D eigenvalue weighted by atomic mass is 9.44. The second kappa shape index (κ2) is 11.8. The number of anilines is 1. The molecule has 248 valence electrons. The van der Waals surface area contributed by atoms with E-state index in [4.69, 9.17) is 11.6 Å². The van der Waals surface area contributed by atoms with Crippen LogP contribution in [0.15, 0.2) is 121 Å². The van der Waals surface area contributed by atoms with Gasteiger partial charge in [0, 0.05) is 22.4 Å². The highest BCUT2D eigenvalue weighted by Gasteiger charge is 2.66. The summed E-state index contributed by atoms with van der Waals surface area (Å²) in [5.41, 5.74) is 1.43. The van der Waals surface area contributed by atoms with Crippen LogP contribution in [-0.4, -0.2) is 39.6 Å². The number of rotatable bonds is 5. The van der Waals surface area contributed by atoms with Crippen molar-refractivity contribution in [3.05, 3.63) is 148 Å². The second-order valence-electron chi connectivity index (χ2n) is 13.4. The van der Waals surface area contributed by atoms with E-state index in [1.807, 2.05) is 42.5 Å². The molecule has 8 rings (SSSR count). The molecule has 6 atom stereocenters. The van der Waals surface area contributed by atoms with Gasteiger partial charge in [0.2, 0.25) is 11.8 Å². The van der Waals surface area contributed by atoms with Crippen LogP contribution in [0.5, 0.6) is 5.75 Å². The number of nitrogens with zero attached hydrogens (tertiary/aromatic N) is 1. The fraction of sp³-hybridized carbons (Fsp3) is 0.195. The van der Waals surface area contributed by atoms with Crippen LogP contribution in [0.1, 0.15) is 45.8 Å². The number of hydrogen-bond acceptors (Lipinski definition) is 6. The van der Waals surface area contributed by atoms with Gasteiger partial charge in [0.1, 0.15) is 5.75 Å². The summed E-state index contributed by atoms with van der Waals surface area (Å²) in [7, 11) is 0. The smallest absolute Gasteiger partial charge is 0.335 e. The van der Waals surface area contributed by atoms with Gasteiger partial charge in [-0.1, -0.05) is 96.0 Å². The van der Waals surface area contributed by atoms with Gasteiger partial charge in [-0.05, 0) is 71.9 Å². The molecule has 0 radical (unpaired) electrons. The number of aromatic hydroxyl groups is 1. The summed E-state index contributed by atoms with van der Waals surface area (Å²) < 4.78 is 0. The number of imide groups is 1. The average molecular weight is 684 g/mol. The van der Waals surface area contributed by atoms with Gasteiger partial charge in [-0.25, -0.2) is 4.79 Å². The van der Waals surface area contributed by atoms with Crippen molar-refractivity contribution in [2.45, 2.75) is 24.2 Å². The summed E-state index contributed by atoms with van der Waals surface area (Å²) in [5.74, 6) is -6.69. The van der Waals surface area contributed by atoms with E-state index in [9.17, 15) is 29.4 Å². The van der Waals surface area contributed by atoms with E-state index in [0.717, 1.165) is 10.5 Å². The number of carbonyl (C=O) groups is 5. The molecular weight excluding hydrogens is 654 g/mol. The van der Waals surface area contributed by atoms with Gasteiger partial charge >= 0.3 is 5.97 Å². The van der Waals surface area contributed by atoms with E-state index in [1.54, 1.807) is 30.3 Å². The van der Waals surface area contributed by atoms with Crippen molar-refractivity contribution in [2.75, 3.05) is 4.90 Å².